The highest BCUT2D eigenvalue weighted by Crippen LogP contribution is 2.17. The van der Waals surface area contributed by atoms with Crippen LogP contribution in [-0.2, 0) is 8.98 Å². The molecule has 3 nitrogen and oxygen atoms in total. The lowest BCUT2D eigenvalue weighted by Crippen LogP contribution is -1.88. The summed E-state index contributed by atoms with van der Waals surface area (Å²) in [5.74, 6) is -0.279. The van der Waals surface area contributed by atoms with E-state index in [1.165, 1.54) is 6.92 Å². The van der Waals surface area contributed by atoms with Crippen molar-refractivity contribution < 1.29 is 14.1 Å². The summed E-state index contributed by atoms with van der Waals surface area (Å²) >= 11 is 1.08. The van der Waals surface area contributed by atoms with Crippen molar-refractivity contribution in [2.24, 2.45) is 0 Å². The first-order chi connectivity index (χ1) is 6.29. The molecule has 1 aromatic rings. The molecule has 0 aliphatic heterocycles. The summed E-state index contributed by atoms with van der Waals surface area (Å²) in [5, 5.41) is 7.00. The second kappa shape index (κ2) is 7.64. The maximum Gasteiger partial charge on any atom is 0.315 e. The lowest BCUT2D eigenvalue weighted by Gasteiger charge is -1.97. The molecule has 1 N–H and O–H groups in total. The third-order valence-electron chi connectivity index (χ3n) is 0.998. The van der Waals surface area contributed by atoms with Crippen molar-refractivity contribution in [1.29, 1.82) is 0 Å². The normalized spacial score (nSPS) is 8.23. The molecule has 13 heavy (non-hydrogen) atoms. The van der Waals surface area contributed by atoms with Crippen molar-refractivity contribution in [3.8, 4) is 0 Å². The van der Waals surface area contributed by atoms with Crippen molar-refractivity contribution in [2.45, 2.75) is 11.8 Å². The maximum absolute atomic E-state index is 10.4. The second-order valence-corrected chi connectivity index (χ2v) is 2.78. The molecular weight excluding hydrogens is 188 g/mol. The Morgan fingerprint density at radius 2 is 1.85 bits per heavy atom. The summed E-state index contributed by atoms with van der Waals surface area (Å²) in [4.78, 5) is 11.3. The molecule has 0 aliphatic rings. The highest BCUT2D eigenvalue weighted by molar-refractivity contribution is 7.95. The fraction of sp³-hybridized carbons (Fsp3) is 0.222. The van der Waals surface area contributed by atoms with Gasteiger partial charge in [-0.2, -0.15) is 0 Å². The van der Waals surface area contributed by atoms with E-state index in [1.54, 1.807) is 0 Å². The monoisotopic (exact) mass is 200 g/mol. The van der Waals surface area contributed by atoms with Crippen molar-refractivity contribution in [3.63, 3.8) is 0 Å². The molecule has 0 radical (unpaired) electrons. The van der Waals surface area contributed by atoms with Gasteiger partial charge in [0, 0.05) is 18.9 Å². The lowest BCUT2D eigenvalue weighted by molar-refractivity contribution is -0.130. The summed E-state index contributed by atoms with van der Waals surface area (Å²) in [7, 11) is 1.00. The quantitative estimate of drug-likeness (QED) is 0.740. The van der Waals surface area contributed by atoms with Gasteiger partial charge in [-0.25, -0.2) is 0 Å². The Kier molecular flexibility index (Phi) is 7.05. The number of aliphatic hydroxyl groups excluding tert-OH is 1. The van der Waals surface area contributed by atoms with Crippen molar-refractivity contribution in [3.05, 3.63) is 30.3 Å². The summed E-state index contributed by atoms with van der Waals surface area (Å²) < 4.78 is 4.71. The molecule has 0 spiro atoms. The zero-order valence-electron chi connectivity index (χ0n) is 7.56. The summed E-state index contributed by atoms with van der Waals surface area (Å²) in [6, 6.07) is 9.47. The van der Waals surface area contributed by atoms with Gasteiger partial charge < -0.3 is 9.29 Å². The topological polar surface area (TPSA) is 46.5 Å². The SMILES string of the molecule is CC(=O)OSc1ccccc1.CO. The summed E-state index contributed by atoms with van der Waals surface area (Å²) in [6.45, 7) is 1.38. The van der Waals surface area contributed by atoms with Crippen molar-refractivity contribution >= 4 is 18.0 Å². The van der Waals surface area contributed by atoms with Crippen LogP contribution in [0.4, 0.5) is 0 Å². The number of carbonyl (C=O) groups is 1. The van der Waals surface area contributed by atoms with Gasteiger partial charge in [0.1, 0.15) is 0 Å². The number of hydrogen-bond acceptors (Lipinski definition) is 4. The molecule has 0 aromatic heterocycles. The average Bonchev–Trinajstić information content (AvgIpc) is 2.19. The minimum atomic E-state index is -0.279. The first kappa shape index (κ1) is 12.0. The molecule has 0 aliphatic carbocycles. The van der Waals surface area contributed by atoms with E-state index in [-0.39, 0.29) is 5.97 Å². The van der Waals surface area contributed by atoms with Crippen LogP contribution in [0.15, 0.2) is 35.2 Å². The molecule has 72 valence electrons. The zero-order chi connectivity index (χ0) is 10.1. The predicted octanol–water partition coefficient (Wildman–Crippen LogP) is 1.87. The molecule has 1 rings (SSSR count). The fourth-order valence-electron chi connectivity index (χ4n) is 0.583. The number of hydrogen-bond donors (Lipinski definition) is 1. The highest BCUT2D eigenvalue weighted by Gasteiger charge is 1.95. The van der Waals surface area contributed by atoms with E-state index in [0.717, 1.165) is 24.0 Å². The molecule has 0 saturated heterocycles. The Balaban J connectivity index is 0.000000671. The number of benzene rings is 1. The van der Waals surface area contributed by atoms with Crippen LogP contribution in [0.2, 0.25) is 0 Å². The minimum Gasteiger partial charge on any atom is -0.400 e. The third-order valence-corrected chi connectivity index (χ3v) is 1.78. The Labute approximate surface area is 81.9 Å². The number of aliphatic hydroxyl groups is 1. The maximum atomic E-state index is 10.4. The Morgan fingerprint density at radius 3 is 2.31 bits per heavy atom. The molecule has 0 fully saturated rings. The third kappa shape index (κ3) is 6.19. The van der Waals surface area contributed by atoms with Crippen LogP contribution in [0, 0.1) is 0 Å². The van der Waals surface area contributed by atoms with Gasteiger partial charge in [-0.15, -0.1) is 0 Å². The van der Waals surface area contributed by atoms with Crippen LogP contribution in [0.5, 0.6) is 0 Å². The Bertz CT molecular complexity index is 236. The Morgan fingerprint density at radius 1 is 1.31 bits per heavy atom. The van der Waals surface area contributed by atoms with Gasteiger partial charge in [0.25, 0.3) is 0 Å². The summed E-state index contributed by atoms with van der Waals surface area (Å²) in [6.07, 6.45) is 0. The van der Waals surface area contributed by atoms with Crippen LogP contribution in [0.3, 0.4) is 0 Å². The van der Waals surface area contributed by atoms with Crippen LogP contribution in [0.1, 0.15) is 6.92 Å². The molecule has 1 aromatic carbocycles. The second-order valence-electron chi connectivity index (χ2n) is 1.97. The van der Waals surface area contributed by atoms with Gasteiger partial charge >= 0.3 is 5.97 Å². The van der Waals surface area contributed by atoms with Crippen molar-refractivity contribution in [1.82, 2.24) is 0 Å². The van der Waals surface area contributed by atoms with Crippen LogP contribution in [0.25, 0.3) is 0 Å². The minimum absolute atomic E-state index is 0.279. The molecule has 0 heterocycles. The average molecular weight is 200 g/mol. The van der Waals surface area contributed by atoms with Gasteiger partial charge in [0.15, 0.2) is 0 Å². The van der Waals surface area contributed by atoms with Gasteiger partial charge in [-0.05, 0) is 12.1 Å². The Hall–Kier alpha value is -1.00. The summed E-state index contributed by atoms with van der Waals surface area (Å²) in [5.41, 5.74) is 0. The van der Waals surface area contributed by atoms with Gasteiger partial charge in [0.2, 0.25) is 0 Å². The molecule has 0 saturated carbocycles. The fourth-order valence-corrected chi connectivity index (χ4v) is 1.06. The van der Waals surface area contributed by atoms with Gasteiger partial charge in [-0.3, -0.25) is 4.79 Å². The van der Waals surface area contributed by atoms with E-state index in [4.69, 9.17) is 9.29 Å². The van der Waals surface area contributed by atoms with E-state index in [1.807, 2.05) is 30.3 Å². The van der Waals surface area contributed by atoms with Crippen LogP contribution >= 0.6 is 12.0 Å². The molecular formula is C9H12O3S. The first-order valence-electron chi connectivity index (χ1n) is 3.64. The van der Waals surface area contributed by atoms with E-state index < -0.39 is 0 Å². The van der Waals surface area contributed by atoms with E-state index in [0.29, 0.717) is 0 Å². The van der Waals surface area contributed by atoms with Crippen molar-refractivity contribution in [2.75, 3.05) is 7.11 Å². The molecule has 0 bridgehead atoms. The standard InChI is InChI=1S/C8H8O2S.CH4O/c1-7(9)10-11-8-5-3-2-4-6-8;1-2/h2-6H,1H3;2H,1H3. The highest BCUT2D eigenvalue weighted by atomic mass is 32.2. The predicted molar refractivity (Wildman–Crippen MR) is 52.2 cm³/mol. The van der Waals surface area contributed by atoms with Crippen LogP contribution in [-0.4, -0.2) is 18.2 Å². The smallest absolute Gasteiger partial charge is 0.315 e. The zero-order valence-corrected chi connectivity index (χ0v) is 8.38. The lowest BCUT2D eigenvalue weighted by atomic mass is 10.4. The molecule has 0 amide bonds. The van der Waals surface area contributed by atoms with Crippen LogP contribution < -0.4 is 0 Å². The number of carbonyl (C=O) groups excluding carboxylic acids is 1. The number of rotatable bonds is 2. The largest absolute Gasteiger partial charge is 0.400 e. The van der Waals surface area contributed by atoms with E-state index in [2.05, 4.69) is 0 Å². The van der Waals surface area contributed by atoms with E-state index in [9.17, 15) is 4.79 Å². The van der Waals surface area contributed by atoms with E-state index >= 15 is 0 Å². The first-order valence-corrected chi connectivity index (χ1v) is 4.38. The van der Waals surface area contributed by atoms with Gasteiger partial charge in [-0.1, -0.05) is 18.2 Å². The molecule has 0 atom stereocenters. The molecule has 0 unspecified atom stereocenters. The van der Waals surface area contributed by atoms with Gasteiger partial charge in [0.05, 0.1) is 12.0 Å². The molecule has 4 heteroatoms.